The Morgan fingerprint density at radius 3 is 2.11 bits per heavy atom. The van der Waals surface area contributed by atoms with E-state index in [4.69, 9.17) is 4.74 Å². The van der Waals surface area contributed by atoms with Gasteiger partial charge in [0.15, 0.2) is 0 Å². The number of ether oxygens (including phenoxy) is 1. The van der Waals surface area contributed by atoms with Crippen LogP contribution in [0, 0.1) is 10.8 Å². The van der Waals surface area contributed by atoms with E-state index in [0.29, 0.717) is 0 Å². The third-order valence-corrected chi connectivity index (χ3v) is 11.7. The summed E-state index contributed by atoms with van der Waals surface area (Å²) >= 11 is 0. The minimum Gasteiger partial charge on any atom is -0.366 e. The van der Waals surface area contributed by atoms with Crippen molar-refractivity contribution in [3.8, 4) is 22.3 Å². The Kier molecular flexibility index (Phi) is 5.41. The number of nitrogens with zero attached hydrogens (tertiary/aromatic N) is 1. The van der Waals surface area contributed by atoms with E-state index in [1.54, 1.807) is 0 Å². The Bertz CT molecular complexity index is 1980. The molecule has 5 unspecified atom stereocenters. The molecule has 3 nitrogen and oxygen atoms in total. The third kappa shape index (κ3) is 3.54. The molecule has 1 saturated heterocycles. The average molecular weight is 575 g/mol. The van der Waals surface area contributed by atoms with E-state index in [1.807, 2.05) is 0 Å². The predicted molar refractivity (Wildman–Crippen MR) is 177 cm³/mol. The van der Waals surface area contributed by atoms with Gasteiger partial charge in [0.05, 0.1) is 17.3 Å². The SMILES string of the molecule is CC12CC=C3CC1(C)C1(C)C=C(C=CC1O2)[N+]1=C(c2ccccc2)[NH2+]C1c1cccc(c1)-c1cccc(c1)-c1cccc3c1. The first-order chi connectivity index (χ1) is 21.4. The van der Waals surface area contributed by atoms with Crippen LogP contribution in [0.4, 0.5) is 0 Å². The van der Waals surface area contributed by atoms with Crippen molar-refractivity contribution in [1.82, 2.24) is 0 Å². The Hall–Kier alpha value is -4.31. The predicted octanol–water partition coefficient (Wildman–Crippen LogP) is 7.87. The van der Waals surface area contributed by atoms with Crippen LogP contribution in [0.25, 0.3) is 27.8 Å². The van der Waals surface area contributed by atoms with Crippen LogP contribution in [0.1, 0.15) is 56.5 Å². The van der Waals surface area contributed by atoms with Gasteiger partial charge in [-0.25, -0.2) is 0 Å². The molecule has 0 amide bonds. The summed E-state index contributed by atoms with van der Waals surface area (Å²) in [5.41, 5.74) is 11.1. The number of fused-ring (bicyclic) bond motifs is 13. The number of hydrogen-bond acceptors (Lipinski definition) is 1. The van der Waals surface area contributed by atoms with Crippen molar-refractivity contribution in [2.24, 2.45) is 10.8 Å². The van der Waals surface area contributed by atoms with Crippen LogP contribution in [0.2, 0.25) is 0 Å². The van der Waals surface area contributed by atoms with Crippen molar-refractivity contribution in [2.75, 3.05) is 0 Å². The zero-order valence-corrected chi connectivity index (χ0v) is 25.6. The average Bonchev–Trinajstić information content (AvgIpc) is 3.22. The zero-order valence-electron chi connectivity index (χ0n) is 25.6. The van der Waals surface area contributed by atoms with Gasteiger partial charge in [-0.15, -0.1) is 0 Å². The van der Waals surface area contributed by atoms with Gasteiger partial charge in [0.1, 0.15) is 5.56 Å². The van der Waals surface area contributed by atoms with Crippen molar-refractivity contribution in [1.29, 1.82) is 0 Å². The molecule has 9 rings (SSSR count). The first kappa shape index (κ1) is 26.1. The number of allylic oxidation sites excluding steroid dienone is 2. The minimum atomic E-state index is -0.248. The first-order valence-electron chi connectivity index (χ1n) is 16.0. The van der Waals surface area contributed by atoms with Gasteiger partial charge in [-0.05, 0) is 102 Å². The quantitative estimate of drug-likeness (QED) is 0.230. The lowest BCUT2D eigenvalue weighted by molar-refractivity contribution is -0.877. The smallest absolute Gasteiger partial charge is 0.366 e. The van der Waals surface area contributed by atoms with Crippen molar-refractivity contribution in [2.45, 2.75) is 51.5 Å². The van der Waals surface area contributed by atoms with Crippen molar-refractivity contribution < 1.29 is 14.6 Å². The molecule has 4 aromatic carbocycles. The summed E-state index contributed by atoms with van der Waals surface area (Å²) in [4.78, 5) is 0. The number of amidine groups is 1. The molecule has 2 aliphatic carbocycles. The number of hydrogen-bond donors (Lipinski definition) is 1. The van der Waals surface area contributed by atoms with Crippen LogP contribution < -0.4 is 5.32 Å². The summed E-state index contributed by atoms with van der Waals surface area (Å²) in [5.74, 6) is 1.27. The van der Waals surface area contributed by atoms with Gasteiger partial charge in [-0.3, -0.25) is 0 Å². The highest BCUT2D eigenvalue weighted by molar-refractivity contribution is 5.89. The second-order valence-corrected chi connectivity index (χ2v) is 13.9. The molecule has 5 atom stereocenters. The first-order valence-corrected chi connectivity index (χ1v) is 16.0. The highest BCUT2D eigenvalue weighted by Crippen LogP contribution is 2.66. The molecule has 44 heavy (non-hydrogen) atoms. The summed E-state index contributed by atoms with van der Waals surface area (Å²) in [6.45, 7) is 7.29. The topological polar surface area (TPSA) is 28.9 Å². The monoisotopic (exact) mass is 574 g/mol. The Balaban J connectivity index is 1.30. The molecule has 0 saturated carbocycles. The van der Waals surface area contributed by atoms with E-state index in [0.717, 1.165) is 12.8 Å². The normalized spacial score (nSPS) is 31.1. The minimum absolute atomic E-state index is 0.0381. The van der Waals surface area contributed by atoms with Gasteiger partial charge >= 0.3 is 12.0 Å². The molecule has 4 aromatic rings. The van der Waals surface area contributed by atoms with Crippen molar-refractivity contribution >= 4 is 11.4 Å². The summed E-state index contributed by atoms with van der Waals surface area (Å²) in [5, 5.41) is 2.44. The molecule has 10 bridgehead atoms. The maximum atomic E-state index is 7.04. The standard InChI is InChI=1S/C41H36N2O/c1-39-26-35-18-19-36(39)44-41(3)21-20-34(25-40(39,41)2)32-16-8-14-30(23-32)28-12-7-13-29(22-28)31-15-9-17-33(24-31)38-42-37(43(35)38)27-10-5-4-6-11-27/h4-20,22-24,26,36,38H,21,25H2,1-3H3/p+2. The lowest BCUT2D eigenvalue weighted by Gasteiger charge is -2.50. The van der Waals surface area contributed by atoms with Crippen LogP contribution in [0.5, 0.6) is 0 Å². The van der Waals surface area contributed by atoms with Gasteiger partial charge in [0, 0.05) is 16.9 Å². The summed E-state index contributed by atoms with van der Waals surface area (Å²) in [6.07, 6.45) is 11.8. The van der Waals surface area contributed by atoms with E-state index in [9.17, 15) is 0 Å². The maximum absolute atomic E-state index is 7.04. The van der Waals surface area contributed by atoms with Crippen molar-refractivity contribution in [3.63, 3.8) is 0 Å². The Labute approximate surface area is 259 Å². The lowest BCUT2D eigenvalue weighted by atomic mass is 9.52. The van der Waals surface area contributed by atoms with Crippen LogP contribution >= 0.6 is 0 Å². The van der Waals surface area contributed by atoms with Crippen LogP contribution in [-0.4, -0.2) is 22.1 Å². The van der Waals surface area contributed by atoms with Crippen LogP contribution in [0.15, 0.2) is 133 Å². The van der Waals surface area contributed by atoms with Crippen molar-refractivity contribution in [3.05, 3.63) is 150 Å². The Morgan fingerprint density at radius 2 is 1.36 bits per heavy atom. The molecule has 3 aliphatic heterocycles. The van der Waals surface area contributed by atoms with Crippen LogP contribution in [0.3, 0.4) is 0 Å². The van der Waals surface area contributed by atoms with Gasteiger partial charge in [-0.2, -0.15) is 5.32 Å². The second kappa shape index (κ2) is 9.11. The molecule has 3 heteroatoms. The van der Waals surface area contributed by atoms with E-state index >= 15 is 0 Å². The molecule has 0 aromatic heterocycles. The molecule has 5 aliphatic rings. The van der Waals surface area contributed by atoms with Gasteiger partial charge in [0.2, 0.25) is 5.70 Å². The number of benzene rings is 4. The van der Waals surface area contributed by atoms with Gasteiger partial charge < -0.3 is 4.74 Å². The zero-order chi connectivity index (χ0) is 29.7. The molecule has 1 fully saturated rings. The molecule has 216 valence electrons. The lowest BCUT2D eigenvalue weighted by Crippen LogP contribution is -3.00. The van der Waals surface area contributed by atoms with E-state index < -0.39 is 0 Å². The highest BCUT2D eigenvalue weighted by Gasteiger charge is 2.67. The molecular weight excluding hydrogens is 536 g/mol. The second-order valence-electron chi connectivity index (χ2n) is 13.9. The number of nitrogens with two attached hydrogens (primary N) is 1. The van der Waals surface area contributed by atoms with Crippen LogP contribution in [-0.2, 0) is 4.74 Å². The summed E-state index contributed by atoms with van der Waals surface area (Å²) in [6, 6.07) is 38.2. The van der Waals surface area contributed by atoms with Gasteiger partial charge in [0.25, 0.3) is 0 Å². The molecule has 3 heterocycles. The van der Waals surface area contributed by atoms with E-state index in [1.165, 1.54) is 56.0 Å². The van der Waals surface area contributed by atoms with E-state index in [2.05, 4.69) is 158 Å². The fourth-order valence-corrected chi connectivity index (χ4v) is 8.67. The summed E-state index contributed by atoms with van der Waals surface area (Å²) in [7, 11) is 0. The fraction of sp³-hybridized carbons (Fsp3) is 0.244. The third-order valence-electron chi connectivity index (χ3n) is 11.7. The summed E-state index contributed by atoms with van der Waals surface area (Å²) < 4.78 is 9.60. The molecule has 0 spiro atoms. The largest absolute Gasteiger partial charge is 0.384 e. The maximum Gasteiger partial charge on any atom is 0.384 e. The fourth-order valence-electron chi connectivity index (χ4n) is 8.67. The van der Waals surface area contributed by atoms with E-state index in [-0.39, 0.29) is 28.7 Å². The number of rotatable bonds is 1. The highest BCUT2D eigenvalue weighted by atomic mass is 16.5. The molecule has 0 radical (unpaired) electrons. The molecule has 2 N–H and O–H groups in total. The van der Waals surface area contributed by atoms with Gasteiger partial charge in [-0.1, -0.05) is 91.2 Å². The molecular formula is C41H38N2O+2. The number of quaternary nitrogens is 1. The Morgan fingerprint density at radius 1 is 0.727 bits per heavy atom.